The third kappa shape index (κ3) is 5.16. The van der Waals surface area contributed by atoms with Crippen molar-refractivity contribution < 1.29 is 19.1 Å². The van der Waals surface area contributed by atoms with Crippen LogP contribution in [0.4, 0.5) is 0 Å². The van der Waals surface area contributed by atoms with E-state index in [1.165, 1.54) is 0 Å². The van der Waals surface area contributed by atoms with Crippen LogP contribution >= 0.6 is 15.9 Å². The van der Waals surface area contributed by atoms with Crippen LogP contribution in [0.25, 0.3) is 0 Å². The molecule has 0 amide bonds. The Balaban J connectivity index is 3.04. The van der Waals surface area contributed by atoms with E-state index in [-0.39, 0.29) is 23.3 Å². The summed E-state index contributed by atoms with van der Waals surface area (Å²) in [5.41, 5.74) is 0.449. The standard InChI is InChI=1S/C16H21BrO4/c1-5-10(3)20-15(18)13-8-7-12(17)9-14(13)16(19)21-11(4)6-2/h7-11H,5-6H2,1-4H3. The highest BCUT2D eigenvalue weighted by Gasteiger charge is 2.22. The predicted molar refractivity (Wildman–Crippen MR) is 84.5 cm³/mol. The van der Waals surface area contributed by atoms with E-state index in [9.17, 15) is 9.59 Å². The van der Waals surface area contributed by atoms with Crippen molar-refractivity contribution in [2.45, 2.75) is 52.7 Å². The van der Waals surface area contributed by atoms with E-state index in [4.69, 9.17) is 9.47 Å². The van der Waals surface area contributed by atoms with Crippen molar-refractivity contribution in [3.63, 3.8) is 0 Å². The first kappa shape index (κ1) is 17.7. The molecule has 0 aliphatic carbocycles. The molecule has 1 aromatic carbocycles. The van der Waals surface area contributed by atoms with Crippen molar-refractivity contribution in [1.29, 1.82) is 0 Å². The van der Waals surface area contributed by atoms with Gasteiger partial charge in [0.1, 0.15) is 0 Å². The lowest BCUT2D eigenvalue weighted by Gasteiger charge is -2.15. The second-order valence-electron chi connectivity index (χ2n) is 4.94. The number of hydrogen-bond acceptors (Lipinski definition) is 4. The van der Waals surface area contributed by atoms with E-state index in [0.29, 0.717) is 10.9 Å². The summed E-state index contributed by atoms with van der Waals surface area (Å²) in [4.78, 5) is 24.4. The number of benzene rings is 1. The van der Waals surface area contributed by atoms with Gasteiger partial charge in [0.15, 0.2) is 0 Å². The molecule has 0 bridgehead atoms. The molecule has 21 heavy (non-hydrogen) atoms. The van der Waals surface area contributed by atoms with Gasteiger partial charge in [-0.2, -0.15) is 0 Å². The predicted octanol–water partition coefficient (Wildman–Crippen LogP) is 4.36. The average molecular weight is 357 g/mol. The van der Waals surface area contributed by atoms with E-state index < -0.39 is 11.9 Å². The fraction of sp³-hybridized carbons (Fsp3) is 0.500. The van der Waals surface area contributed by atoms with Crippen molar-refractivity contribution in [2.75, 3.05) is 0 Å². The van der Waals surface area contributed by atoms with Gasteiger partial charge in [-0.25, -0.2) is 9.59 Å². The summed E-state index contributed by atoms with van der Waals surface area (Å²) in [5, 5.41) is 0. The fourth-order valence-corrected chi connectivity index (χ4v) is 1.88. The maximum absolute atomic E-state index is 12.2. The lowest BCUT2D eigenvalue weighted by molar-refractivity contribution is 0.0285. The Morgan fingerprint density at radius 3 is 1.95 bits per heavy atom. The summed E-state index contributed by atoms with van der Waals surface area (Å²) in [6.45, 7) is 7.48. The van der Waals surface area contributed by atoms with E-state index in [1.54, 1.807) is 18.2 Å². The first-order valence-corrected chi connectivity index (χ1v) is 7.89. The van der Waals surface area contributed by atoms with E-state index in [2.05, 4.69) is 15.9 Å². The van der Waals surface area contributed by atoms with Crippen molar-refractivity contribution in [2.24, 2.45) is 0 Å². The van der Waals surface area contributed by atoms with Crippen LogP contribution in [0.1, 0.15) is 61.3 Å². The smallest absolute Gasteiger partial charge is 0.339 e. The van der Waals surface area contributed by atoms with Crippen LogP contribution in [-0.4, -0.2) is 24.1 Å². The summed E-state index contributed by atoms with van der Waals surface area (Å²) >= 11 is 3.30. The molecule has 0 aromatic heterocycles. The second kappa shape index (κ2) is 8.17. The zero-order valence-corrected chi connectivity index (χ0v) is 14.4. The molecule has 0 radical (unpaired) electrons. The molecule has 0 saturated carbocycles. The van der Waals surface area contributed by atoms with Gasteiger partial charge in [-0.3, -0.25) is 0 Å². The van der Waals surface area contributed by atoms with Crippen molar-refractivity contribution in [3.05, 3.63) is 33.8 Å². The summed E-state index contributed by atoms with van der Waals surface area (Å²) < 4.78 is 11.3. The van der Waals surface area contributed by atoms with Crippen LogP contribution < -0.4 is 0 Å². The highest BCUT2D eigenvalue weighted by Crippen LogP contribution is 2.20. The Kier molecular flexibility index (Phi) is 6.89. The average Bonchev–Trinajstić information content (AvgIpc) is 2.46. The second-order valence-corrected chi connectivity index (χ2v) is 5.85. The molecule has 2 unspecified atom stereocenters. The fourth-order valence-electron chi connectivity index (χ4n) is 1.52. The minimum absolute atomic E-state index is 0.195. The molecule has 1 aromatic rings. The zero-order valence-electron chi connectivity index (χ0n) is 12.8. The number of carbonyl (C=O) groups is 2. The Morgan fingerprint density at radius 2 is 1.48 bits per heavy atom. The lowest BCUT2D eigenvalue weighted by Crippen LogP contribution is -2.20. The molecular formula is C16H21BrO4. The summed E-state index contributed by atoms with van der Waals surface area (Å²) in [6.07, 6.45) is 1.04. The van der Waals surface area contributed by atoms with Crippen LogP contribution in [0, 0.1) is 0 Å². The van der Waals surface area contributed by atoms with Crippen LogP contribution in [-0.2, 0) is 9.47 Å². The van der Waals surface area contributed by atoms with Gasteiger partial charge in [-0.15, -0.1) is 0 Å². The Hall–Kier alpha value is -1.36. The molecule has 0 aliphatic heterocycles. The Labute approximate surface area is 133 Å². The summed E-state index contributed by atoms with van der Waals surface area (Å²) in [7, 11) is 0. The van der Waals surface area contributed by atoms with Crippen molar-refractivity contribution >= 4 is 27.9 Å². The summed E-state index contributed by atoms with van der Waals surface area (Å²) in [6, 6.07) is 4.85. The van der Waals surface area contributed by atoms with Gasteiger partial charge in [0.05, 0.1) is 23.3 Å². The molecule has 0 aliphatic rings. The van der Waals surface area contributed by atoms with Gasteiger partial charge in [0.25, 0.3) is 0 Å². The zero-order chi connectivity index (χ0) is 16.0. The number of hydrogen-bond donors (Lipinski definition) is 0. The monoisotopic (exact) mass is 356 g/mol. The topological polar surface area (TPSA) is 52.6 Å². The molecule has 0 N–H and O–H groups in total. The molecule has 116 valence electrons. The van der Waals surface area contributed by atoms with Gasteiger partial charge in [0, 0.05) is 4.47 Å². The normalized spacial score (nSPS) is 13.4. The van der Waals surface area contributed by atoms with Crippen molar-refractivity contribution in [3.8, 4) is 0 Å². The first-order chi connectivity index (χ1) is 9.88. The third-order valence-corrected chi connectivity index (χ3v) is 3.68. The molecule has 4 nitrogen and oxygen atoms in total. The van der Waals surface area contributed by atoms with Gasteiger partial charge < -0.3 is 9.47 Å². The molecule has 0 saturated heterocycles. The molecule has 0 fully saturated rings. The van der Waals surface area contributed by atoms with Crippen LogP contribution in [0.3, 0.4) is 0 Å². The molecular weight excluding hydrogens is 336 g/mol. The minimum atomic E-state index is -0.512. The molecule has 0 spiro atoms. The largest absolute Gasteiger partial charge is 0.459 e. The molecule has 5 heteroatoms. The molecule has 0 heterocycles. The minimum Gasteiger partial charge on any atom is -0.459 e. The molecule has 1 rings (SSSR count). The van der Waals surface area contributed by atoms with E-state index in [0.717, 1.165) is 6.42 Å². The number of halogens is 1. The molecule has 2 atom stereocenters. The number of ether oxygens (including phenoxy) is 2. The lowest BCUT2D eigenvalue weighted by atomic mass is 10.1. The van der Waals surface area contributed by atoms with Gasteiger partial charge in [-0.1, -0.05) is 29.8 Å². The van der Waals surface area contributed by atoms with Gasteiger partial charge >= 0.3 is 11.9 Å². The van der Waals surface area contributed by atoms with Gasteiger partial charge in [-0.05, 0) is 44.9 Å². The van der Waals surface area contributed by atoms with Crippen LogP contribution in [0.2, 0.25) is 0 Å². The highest BCUT2D eigenvalue weighted by molar-refractivity contribution is 9.10. The number of rotatable bonds is 6. The SMILES string of the molecule is CCC(C)OC(=O)c1ccc(Br)cc1C(=O)OC(C)CC. The van der Waals surface area contributed by atoms with E-state index in [1.807, 2.05) is 27.7 Å². The van der Waals surface area contributed by atoms with Gasteiger partial charge in [0.2, 0.25) is 0 Å². The maximum atomic E-state index is 12.2. The van der Waals surface area contributed by atoms with Crippen LogP contribution in [0.5, 0.6) is 0 Å². The van der Waals surface area contributed by atoms with Crippen molar-refractivity contribution in [1.82, 2.24) is 0 Å². The Bertz CT molecular complexity index is 513. The summed E-state index contributed by atoms with van der Waals surface area (Å²) in [5.74, 6) is -1.02. The highest BCUT2D eigenvalue weighted by atomic mass is 79.9. The number of carbonyl (C=O) groups excluding carboxylic acids is 2. The maximum Gasteiger partial charge on any atom is 0.339 e. The quantitative estimate of drug-likeness (QED) is 0.710. The van der Waals surface area contributed by atoms with Crippen LogP contribution in [0.15, 0.2) is 22.7 Å². The van der Waals surface area contributed by atoms with E-state index >= 15 is 0 Å². The third-order valence-electron chi connectivity index (χ3n) is 3.19. The number of esters is 2. The first-order valence-electron chi connectivity index (χ1n) is 7.10. The Morgan fingerprint density at radius 1 is 1.00 bits per heavy atom.